The molecule has 0 bridgehead atoms. The number of hydrogen-bond donors (Lipinski definition) is 1. The fourth-order valence-electron chi connectivity index (χ4n) is 4.81. The Morgan fingerprint density at radius 2 is 1.82 bits per heavy atom. The lowest BCUT2D eigenvalue weighted by Gasteiger charge is -2.25. The number of nitrogens with zero attached hydrogens (tertiary/aromatic N) is 3. The molecule has 2 amide bonds. The standard InChI is InChI=1S/C32H34N4O4/c1-2-39-27-16-9-15-26(20-27)36-22-29(25-13-7-4-8-14-25)33-32(36)34-30(37)23-35(21-28-17-10-18-40-28)31(38)19-24-11-5-3-6-12-24/h3-9,11-16,20,22,28H,2,10,17-19,21,23H2,1H3,(H,33,34,37). The molecular formula is C32H34N4O4. The third kappa shape index (κ3) is 6.95. The monoisotopic (exact) mass is 538 g/mol. The average Bonchev–Trinajstić information content (AvgIpc) is 3.64. The molecule has 3 aromatic carbocycles. The SMILES string of the molecule is CCOc1cccc(-n2cc(-c3ccccc3)nc2NC(=O)CN(CC2CCCO2)C(=O)Cc2ccccc2)c1. The fraction of sp³-hybridized carbons (Fsp3) is 0.281. The van der Waals surface area contributed by atoms with Crippen LogP contribution in [0.5, 0.6) is 5.75 Å². The zero-order valence-electron chi connectivity index (χ0n) is 22.7. The van der Waals surface area contributed by atoms with E-state index in [1.807, 2.05) is 103 Å². The number of anilines is 1. The van der Waals surface area contributed by atoms with E-state index >= 15 is 0 Å². The van der Waals surface area contributed by atoms with Gasteiger partial charge in [0, 0.05) is 31.0 Å². The highest BCUT2D eigenvalue weighted by atomic mass is 16.5. The Kier molecular flexibility index (Phi) is 8.88. The van der Waals surface area contributed by atoms with E-state index in [2.05, 4.69) is 5.32 Å². The van der Waals surface area contributed by atoms with Gasteiger partial charge >= 0.3 is 0 Å². The van der Waals surface area contributed by atoms with Crippen LogP contribution < -0.4 is 10.1 Å². The van der Waals surface area contributed by atoms with Gasteiger partial charge in [-0.15, -0.1) is 0 Å². The summed E-state index contributed by atoms with van der Waals surface area (Å²) < 4.78 is 13.3. The van der Waals surface area contributed by atoms with Gasteiger partial charge in [-0.2, -0.15) is 0 Å². The predicted octanol–water partition coefficient (Wildman–Crippen LogP) is 5.13. The van der Waals surface area contributed by atoms with Crippen LogP contribution in [-0.4, -0.2) is 58.7 Å². The Hall–Kier alpha value is -4.43. The second-order valence-corrected chi connectivity index (χ2v) is 9.74. The van der Waals surface area contributed by atoms with Crippen molar-refractivity contribution >= 4 is 17.8 Å². The summed E-state index contributed by atoms with van der Waals surface area (Å²) in [5, 5.41) is 2.96. The lowest BCUT2D eigenvalue weighted by molar-refractivity contribution is -0.135. The molecule has 8 heteroatoms. The van der Waals surface area contributed by atoms with Gasteiger partial charge in [-0.25, -0.2) is 4.98 Å². The van der Waals surface area contributed by atoms with Crippen molar-refractivity contribution < 1.29 is 19.1 Å². The number of aromatic nitrogens is 2. The summed E-state index contributed by atoms with van der Waals surface area (Å²) in [6.45, 7) is 3.43. The molecule has 1 N–H and O–H groups in total. The van der Waals surface area contributed by atoms with E-state index in [4.69, 9.17) is 14.5 Å². The van der Waals surface area contributed by atoms with E-state index in [1.165, 1.54) is 0 Å². The highest BCUT2D eigenvalue weighted by molar-refractivity contribution is 5.94. The van der Waals surface area contributed by atoms with E-state index < -0.39 is 0 Å². The number of carbonyl (C=O) groups is 2. The minimum Gasteiger partial charge on any atom is -0.494 e. The van der Waals surface area contributed by atoms with Gasteiger partial charge in [0.15, 0.2) is 0 Å². The molecule has 0 aliphatic carbocycles. The Balaban J connectivity index is 1.39. The van der Waals surface area contributed by atoms with Crippen molar-refractivity contribution in [1.29, 1.82) is 0 Å². The summed E-state index contributed by atoms with van der Waals surface area (Å²) in [6.07, 6.45) is 3.87. The van der Waals surface area contributed by atoms with Crippen LogP contribution in [0.1, 0.15) is 25.3 Å². The normalized spacial score (nSPS) is 14.6. The van der Waals surface area contributed by atoms with Gasteiger partial charge in [-0.1, -0.05) is 66.7 Å². The van der Waals surface area contributed by atoms with E-state index in [0.29, 0.717) is 31.4 Å². The second kappa shape index (κ2) is 13.1. The van der Waals surface area contributed by atoms with Crippen LogP contribution in [0.4, 0.5) is 5.95 Å². The Morgan fingerprint density at radius 3 is 2.55 bits per heavy atom. The van der Waals surface area contributed by atoms with Gasteiger partial charge in [0.25, 0.3) is 0 Å². The van der Waals surface area contributed by atoms with Crippen molar-refractivity contribution in [1.82, 2.24) is 14.5 Å². The van der Waals surface area contributed by atoms with Crippen LogP contribution in [0.15, 0.2) is 91.1 Å². The zero-order valence-corrected chi connectivity index (χ0v) is 22.7. The molecule has 0 saturated carbocycles. The minimum atomic E-state index is -0.327. The molecule has 1 unspecified atom stereocenters. The lowest BCUT2D eigenvalue weighted by atomic mass is 10.1. The summed E-state index contributed by atoms with van der Waals surface area (Å²) in [6, 6.07) is 27.0. The maximum Gasteiger partial charge on any atom is 0.246 e. The first-order chi connectivity index (χ1) is 19.6. The third-order valence-corrected chi connectivity index (χ3v) is 6.77. The Bertz CT molecular complexity index is 1420. The number of hydrogen-bond acceptors (Lipinski definition) is 5. The van der Waals surface area contributed by atoms with Gasteiger partial charge in [0.05, 0.1) is 30.5 Å². The average molecular weight is 539 g/mol. The van der Waals surface area contributed by atoms with E-state index in [1.54, 1.807) is 4.90 Å². The van der Waals surface area contributed by atoms with Crippen molar-refractivity contribution in [3.8, 4) is 22.7 Å². The van der Waals surface area contributed by atoms with Crippen molar-refractivity contribution in [3.63, 3.8) is 0 Å². The summed E-state index contributed by atoms with van der Waals surface area (Å²) >= 11 is 0. The summed E-state index contributed by atoms with van der Waals surface area (Å²) in [5.41, 5.74) is 3.35. The lowest BCUT2D eigenvalue weighted by Crippen LogP contribution is -2.43. The zero-order chi connectivity index (χ0) is 27.7. The van der Waals surface area contributed by atoms with Crippen LogP contribution in [0.2, 0.25) is 0 Å². The molecule has 0 radical (unpaired) electrons. The number of nitrogens with one attached hydrogen (secondary N) is 1. The fourth-order valence-corrected chi connectivity index (χ4v) is 4.81. The number of amides is 2. The number of imidazole rings is 1. The molecule has 1 aromatic heterocycles. The van der Waals surface area contributed by atoms with Crippen LogP contribution in [0, 0.1) is 0 Å². The van der Waals surface area contributed by atoms with Crippen LogP contribution >= 0.6 is 0 Å². The van der Waals surface area contributed by atoms with Crippen molar-refractivity contribution in [2.24, 2.45) is 0 Å². The summed E-state index contributed by atoms with van der Waals surface area (Å²) in [4.78, 5) is 33.1. The van der Waals surface area contributed by atoms with E-state index in [0.717, 1.165) is 35.4 Å². The molecule has 5 rings (SSSR count). The molecule has 4 aromatic rings. The largest absolute Gasteiger partial charge is 0.494 e. The van der Waals surface area contributed by atoms with Gasteiger partial charge < -0.3 is 14.4 Å². The summed E-state index contributed by atoms with van der Waals surface area (Å²) in [7, 11) is 0. The molecule has 2 heterocycles. The summed E-state index contributed by atoms with van der Waals surface area (Å²) in [5.74, 6) is 0.646. The molecule has 1 atom stereocenters. The minimum absolute atomic E-state index is 0.0690. The molecule has 0 spiro atoms. The molecule has 1 aliphatic heterocycles. The molecule has 1 fully saturated rings. The second-order valence-electron chi connectivity index (χ2n) is 9.74. The molecular weight excluding hydrogens is 504 g/mol. The molecule has 206 valence electrons. The van der Waals surface area contributed by atoms with Crippen LogP contribution in [0.25, 0.3) is 16.9 Å². The van der Waals surface area contributed by atoms with Crippen molar-refractivity contribution in [2.75, 3.05) is 31.6 Å². The first-order valence-corrected chi connectivity index (χ1v) is 13.7. The van der Waals surface area contributed by atoms with Gasteiger partial charge in [-0.3, -0.25) is 19.5 Å². The maximum absolute atomic E-state index is 13.4. The van der Waals surface area contributed by atoms with Gasteiger partial charge in [0.1, 0.15) is 12.3 Å². The Labute approximate surface area is 234 Å². The van der Waals surface area contributed by atoms with Crippen molar-refractivity contribution in [2.45, 2.75) is 32.3 Å². The highest BCUT2D eigenvalue weighted by Crippen LogP contribution is 2.26. The molecule has 1 saturated heterocycles. The highest BCUT2D eigenvalue weighted by Gasteiger charge is 2.25. The predicted molar refractivity (Wildman–Crippen MR) is 154 cm³/mol. The number of ether oxygens (including phenoxy) is 2. The van der Waals surface area contributed by atoms with E-state index in [9.17, 15) is 9.59 Å². The molecule has 40 heavy (non-hydrogen) atoms. The third-order valence-electron chi connectivity index (χ3n) is 6.77. The van der Waals surface area contributed by atoms with Crippen molar-refractivity contribution in [3.05, 3.63) is 96.7 Å². The smallest absolute Gasteiger partial charge is 0.246 e. The molecule has 1 aliphatic rings. The van der Waals surface area contributed by atoms with Crippen LogP contribution in [0.3, 0.4) is 0 Å². The van der Waals surface area contributed by atoms with Gasteiger partial charge in [0.2, 0.25) is 17.8 Å². The topological polar surface area (TPSA) is 85.7 Å². The number of benzene rings is 3. The maximum atomic E-state index is 13.4. The quantitative estimate of drug-likeness (QED) is 0.286. The number of rotatable bonds is 11. The first kappa shape index (κ1) is 27.1. The van der Waals surface area contributed by atoms with Crippen LogP contribution in [-0.2, 0) is 20.7 Å². The molecule has 8 nitrogen and oxygen atoms in total. The first-order valence-electron chi connectivity index (χ1n) is 13.7. The Morgan fingerprint density at radius 1 is 1.05 bits per heavy atom. The number of carbonyl (C=O) groups excluding carboxylic acids is 2. The van der Waals surface area contributed by atoms with E-state index in [-0.39, 0.29) is 30.9 Å². The van der Waals surface area contributed by atoms with Gasteiger partial charge in [-0.05, 0) is 37.5 Å².